The fraction of sp³-hybridized carbons (Fsp3) is 0.520. The highest BCUT2D eigenvalue weighted by Gasteiger charge is 2.44. The van der Waals surface area contributed by atoms with Crippen LogP contribution in [0.4, 0.5) is 0 Å². The van der Waals surface area contributed by atoms with Gasteiger partial charge in [0.05, 0.1) is 23.4 Å². The van der Waals surface area contributed by atoms with Crippen LogP contribution in [0.5, 0.6) is 0 Å². The first-order valence-corrected chi connectivity index (χ1v) is 11.9. The summed E-state index contributed by atoms with van der Waals surface area (Å²) in [5.74, 6) is -0.406. The van der Waals surface area contributed by atoms with Crippen molar-refractivity contribution in [3.8, 4) is 0 Å². The topological polar surface area (TPSA) is 99.9 Å². The number of aliphatic hydroxyl groups is 2. The number of aromatic nitrogens is 1. The van der Waals surface area contributed by atoms with Crippen LogP contribution in [-0.4, -0.2) is 44.8 Å². The summed E-state index contributed by atoms with van der Waals surface area (Å²) < 4.78 is 5.78. The number of carboxylic acid groups (broad SMARTS) is 1. The molecule has 174 valence electrons. The van der Waals surface area contributed by atoms with E-state index in [4.69, 9.17) is 9.84 Å². The van der Waals surface area contributed by atoms with Crippen LogP contribution in [0.15, 0.2) is 46.9 Å². The molecule has 3 N–H and O–H groups in total. The third-order valence-corrected chi connectivity index (χ3v) is 7.32. The smallest absolute Gasteiger partial charge is 0.328 e. The summed E-state index contributed by atoms with van der Waals surface area (Å²) in [5.41, 5.74) is 2.71. The van der Waals surface area contributed by atoms with Gasteiger partial charge in [0.2, 0.25) is 5.79 Å². The number of ether oxygens (including phenoxy) is 1. The molecule has 0 amide bonds. The van der Waals surface area contributed by atoms with Crippen molar-refractivity contribution in [3.63, 3.8) is 0 Å². The minimum Gasteiger partial charge on any atom is -0.478 e. The van der Waals surface area contributed by atoms with E-state index in [1.165, 1.54) is 23.0 Å². The zero-order chi connectivity index (χ0) is 23.5. The molecule has 4 rings (SSSR count). The molecule has 0 aromatic carbocycles. The van der Waals surface area contributed by atoms with Gasteiger partial charge in [-0.3, -0.25) is 0 Å². The van der Waals surface area contributed by atoms with Crippen molar-refractivity contribution in [2.75, 3.05) is 6.61 Å². The molecule has 3 unspecified atom stereocenters. The Hall–Kier alpha value is -2.06. The second kappa shape index (κ2) is 10.3. The third-order valence-electron chi connectivity index (χ3n) is 6.52. The Morgan fingerprint density at radius 2 is 2.16 bits per heavy atom. The Kier molecular flexibility index (Phi) is 7.88. The highest BCUT2D eigenvalue weighted by Crippen LogP contribution is 2.46. The summed E-state index contributed by atoms with van der Waals surface area (Å²) in [4.78, 5) is 14.1. The zero-order valence-electron chi connectivity index (χ0n) is 19.1. The molecule has 0 fully saturated rings. The van der Waals surface area contributed by atoms with Crippen molar-refractivity contribution in [3.05, 3.63) is 57.6 Å². The van der Waals surface area contributed by atoms with E-state index in [1.807, 2.05) is 18.4 Å². The van der Waals surface area contributed by atoms with Crippen LogP contribution in [0, 0.1) is 30.6 Å². The molecule has 5 atom stereocenters. The van der Waals surface area contributed by atoms with Crippen LogP contribution in [0.25, 0.3) is 6.08 Å². The van der Waals surface area contributed by atoms with Gasteiger partial charge in [-0.1, -0.05) is 37.6 Å². The molecule has 1 aliphatic carbocycles. The lowest BCUT2D eigenvalue weighted by Crippen LogP contribution is -2.40. The lowest BCUT2D eigenvalue weighted by molar-refractivity contribution is -0.155. The molecule has 6 nitrogen and oxygen atoms in total. The number of carbonyl (C=O) groups is 1. The first-order valence-electron chi connectivity index (χ1n) is 11.0. The van der Waals surface area contributed by atoms with E-state index in [9.17, 15) is 15.0 Å². The Morgan fingerprint density at radius 3 is 2.75 bits per heavy atom. The molecule has 2 bridgehead atoms. The van der Waals surface area contributed by atoms with Crippen LogP contribution in [0.1, 0.15) is 44.3 Å². The third kappa shape index (κ3) is 5.64. The van der Waals surface area contributed by atoms with Crippen molar-refractivity contribution in [1.82, 2.24) is 4.98 Å². The number of allylic oxidation sites excluding steroid dienone is 3. The van der Waals surface area contributed by atoms with Gasteiger partial charge >= 0.3 is 5.97 Å². The first kappa shape index (κ1) is 24.6. The molecule has 7 heteroatoms. The van der Waals surface area contributed by atoms with E-state index in [1.54, 1.807) is 6.08 Å². The maximum Gasteiger partial charge on any atom is 0.328 e. The van der Waals surface area contributed by atoms with E-state index < -0.39 is 11.8 Å². The van der Waals surface area contributed by atoms with Gasteiger partial charge < -0.3 is 20.1 Å². The number of nitrogens with zero attached hydrogens (tertiary/aromatic N) is 1. The van der Waals surface area contributed by atoms with Gasteiger partial charge in [0.25, 0.3) is 0 Å². The molecular formula is C25H33NO5S. The minimum absolute atomic E-state index is 0.0630. The summed E-state index contributed by atoms with van der Waals surface area (Å²) in [6.07, 6.45) is 12.6. The predicted octanol–water partition coefficient (Wildman–Crippen LogP) is 4.36. The maximum atomic E-state index is 10.6. The number of thiazole rings is 1. The largest absolute Gasteiger partial charge is 0.478 e. The van der Waals surface area contributed by atoms with Crippen LogP contribution in [0.2, 0.25) is 0 Å². The number of carboxylic acids is 1. The maximum absolute atomic E-state index is 10.6. The summed E-state index contributed by atoms with van der Waals surface area (Å²) in [7, 11) is 0. The second-order valence-electron chi connectivity index (χ2n) is 9.04. The Morgan fingerprint density at radius 1 is 1.41 bits per heavy atom. The molecule has 0 saturated carbocycles. The quantitative estimate of drug-likeness (QED) is 0.457. The standard InChI is InChI=1S/C18H26O3.C7H7NO2S/c1-11(2)15-5-4-12(3)16-9-14-6-7-18(20,21-14)13(10-19)8-17(15)16;1-5-8-6(4-11-5)2-3-7(9)10/h4,6-8,11,14-17,19-20H,5,9-10H2,1-3H3;2-4H,1H3,(H,9,10)/b13-8-;3-2+/t14?,15?,16-,17+,18?;/m0./s1. The molecule has 0 spiro atoms. The number of rotatable bonds is 4. The van der Waals surface area contributed by atoms with Gasteiger partial charge in [-0.2, -0.15) is 0 Å². The molecule has 3 aliphatic rings. The summed E-state index contributed by atoms with van der Waals surface area (Å²) >= 11 is 1.50. The lowest BCUT2D eigenvalue weighted by atomic mass is 9.66. The molecule has 3 heterocycles. The second-order valence-corrected chi connectivity index (χ2v) is 10.1. The van der Waals surface area contributed by atoms with Crippen molar-refractivity contribution in [1.29, 1.82) is 0 Å². The number of aryl methyl sites for hydroxylation is 1. The Balaban J connectivity index is 0.000000222. The van der Waals surface area contributed by atoms with E-state index in [-0.39, 0.29) is 12.7 Å². The highest BCUT2D eigenvalue weighted by atomic mass is 32.1. The predicted molar refractivity (Wildman–Crippen MR) is 126 cm³/mol. The average molecular weight is 460 g/mol. The molecule has 32 heavy (non-hydrogen) atoms. The summed E-state index contributed by atoms with van der Waals surface area (Å²) in [5, 5.41) is 31.4. The molecule has 2 aliphatic heterocycles. The number of hydrogen-bond acceptors (Lipinski definition) is 6. The highest BCUT2D eigenvalue weighted by molar-refractivity contribution is 7.09. The molecular weight excluding hydrogens is 426 g/mol. The van der Waals surface area contributed by atoms with Gasteiger partial charge in [0.15, 0.2) is 0 Å². The normalized spacial score (nSPS) is 33.0. The van der Waals surface area contributed by atoms with Gasteiger partial charge in [-0.15, -0.1) is 11.3 Å². The first-order chi connectivity index (χ1) is 15.1. The van der Waals surface area contributed by atoms with Gasteiger partial charge in [0, 0.05) is 17.0 Å². The lowest BCUT2D eigenvalue weighted by Gasteiger charge is -2.42. The number of aliphatic carboxylic acids is 1. The van der Waals surface area contributed by atoms with Crippen molar-refractivity contribution < 1.29 is 24.9 Å². The summed E-state index contributed by atoms with van der Waals surface area (Å²) in [6.45, 7) is 8.44. The fourth-order valence-electron chi connectivity index (χ4n) is 4.77. The number of hydrogen-bond donors (Lipinski definition) is 3. The van der Waals surface area contributed by atoms with E-state index in [0.29, 0.717) is 34.9 Å². The minimum atomic E-state index is -1.40. The Labute approximate surface area is 193 Å². The van der Waals surface area contributed by atoms with Crippen LogP contribution in [0.3, 0.4) is 0 Å². The van der Waals surface area contributed by atoms with E-state index in [2.05, 4.69) is 37.9 Å². The van der Waals surface area contributed by atoms with Crippen molar-refractivity contribution in [2.24, 2.45) is 23.7 Å². The number of aliphatic hydroxyl groups excluding tert-OH is 1. The van der Waals surface area contributed by atoms with Crippen molar-refractivity contribution >= 4 is 23.4 Å². The summed E-state index contributed by atoms with van der Waals surface area (Å²) in [6, 6.07) is 0. The number of fused-ring (bicyclic) bond motifs is 3. The average Bonchev–Trinajstić information content (AvgIpc) is 3.32. The molecule has 1 aromatic rings. The zero-order valence-corrected chi connectivity index (χ0v) is 19.9. The Bertz CT molecular complexity index is 944. The van der Waals surface area contributed by atoms with Gasteiger partial charge in [-0.05, 0) is 62.5 Å². The van der Waals surface area contributed by atoms with Crippen LogP contribution >= 0.6 is 11.3 Å². The van der Waals surface area contributed by atoms with Crippen LogP contribution in [-0.2, 0) is 9.53 Å². The SMILES string of the molecule is CC1=CCC(C(C)C)[C@H]2/C=C(/CO)C3(O)C=CC(C[C@@H]12)O3.Cc1nc(/C=C/C(=O)O)cs1. The monoisotopic (exact) mass is 459 g/mol. The van der Waals surface area contributed by atoms with E-state index >= 15 is 0 Å². The van der Waals surface area contributed by atoms with E-state index in [0.717, 1.165) is 23.9 Å². The van der Waals surface area contributed by atoms with Crippen LogP contribution < -0.4 is 0 Å². The fourth-order valence-corrected chi connectivity index (χ4v) is 5.35. The molecule has 1 aromatic heterocycles. The van der Waals surface area contributed by atoms with Gasteiger partial charge in [-0.25, -0.2) is 9.78 Å². The van der Waals surface area contributed by atoms with Gasteiger partial charge in [0.1, 0.15) is 0 Å². The molecule has 0 radical (unpaired) electrons. The molecule has 0 saturated heterocycles. The van der Waals surface area contributed by atoms with Crippen molar-refractivity contribution in [2.45, 2.75) is 52.4 Å².